The van der Waals surface area contributed by atoms with E-state index in [4.69, 9.17) is 14.0 Å². The maximum absolute atomic E-state index is 6.06. The molecular formula is C30H34B2N2O3. The molecule has 188 valence electrons. The van der Waals surface area contributed by atoms with Crippen LogP contribution in [0.4, 0.5) is 11.4 Å². The molecule has 4 aromatic rings. The van der Waals surface area contributed by atoms with Gasteiger partial charge in [0, 0.05) is 37.7 Å². The maximum Gasteiger partial charge on any atom is 0.309 e. The first-order chi connectivity index (χ1) is 18.4. The van der Waals surface area contributed by atoms with Gasteiger partial charge in [0.05, 0.1) is 13.2 Å². The van der Waals surface area contributed by atoms with Gasteiger partial charge in [0.25, 0.3) is 0 Å². The Morgan fingerprint density at radius 2 is 1.19 bits per heavy atom. The molecule has 0 bridgehead atoms. The first-order valence-corrected chi connectivity index (χ1v) is 12.8. The van der Waals surface area contributed by atoms with Crippen LogP contribution in [0.25, 0.3) is 0 Å². The van der Waals surface area contributed by atoms with Crippen LogP contribution in [0.15, 0.2) is 109 Å². The van der Waals surface area contributed by atoms with E-state index in [-0.39, 0.29) is 0 Å². The highest BCUT2D eigenvalue weighted by molar-refractivity contribution is 6.47. The van der Waals surface area contributed by atoms with Crippen molar-refractivity contribution in [1.82, 2.24) is 0 Å². The van der Waals surface area contributed by atoms with E-state index in [1.54, 1.807) is 0 Å². The van der Waals surface area contributed by atoms with E-state index in [9.17, 15) is 0 Å². The van der Waals surface area contributed by atoms with Gasteiger partial charge in [-0.25, -0.2) is 0 Å². The SMILES string of the molecule is B(OCCNc1ccccc1)c1cccc(COCc2ccccc2BOCCNc2ccccc2)c1. The van der Waals surface area contributed by atoms with Gasteiger partial charge in [-0.2, -0.15) is 0 Å². The molecule has 0 aromatic heterocycles. The quantitative estimate of drug-likeness (QED) is 0.185. The van der Waals surface area contributed by atoms with E-state index in [0.29, 0.717) is 41.4 Å². The lowest BCUT2D eigenvalue weighted by Crippen LogP contribution is -2.24. The molecule has 5 nitrogen and oxygen atoms in total. The van der Waals surface area contributed by atoms with Crippen molar-refractivity contribution >= 4 is 37.3 Å². The first-order valence-electron chi connectivity index (χ1n) is 12.8. The number of hydrogen-bond donors (Lipinski definition) is 2. The highest BCUT2D eigenvalue weighted by atomic mass is 16.5. The van der Waals surface area contributed by atoms with E-state index in [1.807, 2.05) is 48.5 Å². The Labute approximate surface area is 221 Å². The Morgan fingerprint density at radius 3 is 1.89 bits per heavy atom. The van der Waals surface area contributed by atoms with Crippen molar-refractivity contribution in [2.75, 3.05) is 36.9 Å². The van der Waals surface area contributed by atoms with Crippen molar-refractivity contribution in [3.8, 4) is 0 Å². The van der Waals surface area contributed by atoms with Gasteiger partial charge in [-0.15, -0.1) is 0 Å². The minimum absolute atomic E-state index is 0.549. The smallest absolute Gasteiger partial charge is 0.309 e. The number of benzene rings is 4. The lowest BCUT2D eigenvalue weighted by molar-refractivity contribution is 0.107. The zero-order valence-corrected chi connectivity index (χ0v) is 21.3. The normalized spacial score (nSPS) is 10.6. The predicted octanol–water partition coefficient (Wildman–Crippen LogP) is 3.61. The molecule has 0 aliphatic heterocycles. The number of anilines is 2. The number of nitrogens with one attached hydrogen (secondary N) is 2. The third-order valence-corrected chi connectivity index (χ3v) is 5.86. The molecule has 7 heteroatoms. The molecule has 4 rings (SSSR count). The summed E-state index contributed by atoms with van der Waals surface area (Å²) in [5.74, 6) is 0. The molecule has 0 aliphatic rings. The molecule has 0 atom stereocenters. The molecule has 37 heavy (non-hydrogen) atoms. The molecule has 0 heterocycles. The molecule has 0 radical (unpaired) electrons. The van der Waals surface area contributed by atoms with E-state index >= 15 is 0 Å². The molecule has 0 saturated heterocycles. The van der Waals surface area contributed by atoms with Gasteiger partial charge in [-0.05, 0) is 40.9 Å². The highest BCUT2D eigenvalue weighted by Gasteiger charge is 2.06. The summed E-state index contributed by atoms with van der Waals surface area (Å²) in [6.07, 6.45) is 0. The minimum Gasteiger partial charge on any atom is -0.433 e. The van der Waals surface area contributed by atoms with Crippen LogP contribution in [-0.2, 0) is 27.3 Å². The van der Waals surface area contributed by atoms with Gasteiger partial charge in [0.2, 0.25) is 0 Å². The molecule has 0 fully saturated rings. The standard InChI is InChI=1S/C30H34B2N2O3/c1-3-13-28(14-4-1)33-18-20-36-31-27-12-9-10-25(22-27)23-35-24-26-11-7-8-17-30(26)32-37-21-19-34-29-15-5-2-6-16-29/h1-17,22,31-34H,18-21,23-24H2. The summed E-state index contributed by atoms with van der Waals surface area (Å²) < 4.78 is 17.8. The topological polar surface area (TPSA) is 51.8 Å². The number of hydrogen-bond acceptors (Lipinski definition) is 5. The van der Waals surface area contributed by atoms with Crippen molar-refractivity contribution in [2.45, 2.75) is 13.2 Å². The third kappa shape index (κ3) is 9.81. The van der Waals surface area contributed by atoms with Gasteiger partial charge in [0.1, 0.15) is 0 Å². The molecule has 0 aliphatic carbocycles. The van der Waals surface area contributed by atoms with Crippen LogP contribution in [0.3, 0.4) is 0 Å². The van der Waals surface area contributed by atoms with Crippen LogP contribution in [0.1, 0.15) is 11.1 Å². The Kier molecular flexibility index (Phi) is 11.2. The molecule has 2 N–H and O–H groups in total. The minimum atomic E-state index is 0.549. The molecular weight excluding hydrogens is 458 g/mol. The summed E-state index contributed by atoms with van der Waals surface area (Å²) in [4.78, 5) is 0. The maximum atomic E-state index is 6.06. The van der Waals surface area contributed by atoms with Crippen molar-refractivity contribution in [2.24, 2.45) is 0 Å². The molecule has 0 amide bonds. The van der Waals surface area contributed by atoms with Crippen LogP contribution in [0, 0.1) is 0 Å². The highest BCUT2D eigenvalue weighted by Crippen LogP contribution is 2.06. The van der Waals surface area contributed by atoms with Crippen LogP contribution in [-0.4, -0.2) is 41.3 Å². The van der Waals surface area contributed by atoms with Crippen LogP contribution >= 0.6 is 0 Å². The summed E-state index contributed by atoms with van der Waals surface area (Å²) in [6.45, 7) is 3.94. The lowest BCUT2D eigenvalue weighted by atomic mass is 9.84. The van der Waals surface area contributed by atoms with E-state index < -0.39 is 0 Å². The average Bonchev–Trinajstić information content (AvgIpc) is 2.95. The molecule has 4 aromatic carbocycles. The second-order valence-electron chi connectivity index (χ2n) is 8.77. The molecule has 0 unspecified atom stereocenters. The summed E-state index contributed by atoms with van der Waals surface area (Å²) in [5, 5.41) is 6.73. The Balaban J connectivity index is 1.14. The van der Waals surface area contributed by atoms with Crippen LogP contribution in [0.5, 0.6) is 0 Å². The van der Waals surface area contributed by atoms with E-state index in [1.165, 1.54) is 0 Å². The second kappa shape index (κ2) is 15.6. The first kappa shape index (κ1) is 26.6. The summed E-state index contributed by atoms with van der Waals surface area (Å²) in [6, 6.07) is 37.0. The lowest BCUT2D eigenvalue weighted by Gasteiger charge is -2.11. The van der Waals surface area contributed by atoms with E-state index in [0.717, 1.165) is 46.5 Å². The third-order valence-electron chi connectivity index (χ3n) is 5.86. The summed E-state index contributed by atoms with van der Waals surface area (Å²) in [5.41, 5.74) is 6.83. The van der Waals surface area contributed by atoms with Gasteiger partial charge in [0.15, 0.2) is 0 Å². The van der Waals surface area contributed by atoms with Crippen LogP contribution in [0.2, 0.25) is 0 Å². The van der Waals surface area contributed by atoms with Crippen molar-refractivity contribution in [3.63, 3.8) is 0 Å². The number of rotatable bonds is 16. The zero-order valence-electron chi connectivity index (χ0n) is 21.3. The van der Waals surface area contributed by atoms with Gasteiger partial charge in [-0.3, -0.25) is 0 Å². The summed E-state index contributed by atoms with van der Waals surface area (Å²) in [7, 11) is 1.16. The largest absolute Gasteiger partial charge is 0.433 e. The summed E-state index contributed by atoms with van der Waals surface area (Å²) >= 11 is 0. The van der Waals surface area contributed by atoms with Crippen molar-refractivity contribution in [1.29, 1.82) is 0 Å². The fourth-order valence-corrected chi connectivity index (χ4v) is 3.95. The second-order valence-corrected chi connectivity index (χ2v) is 8.77. The monoisotopic (exact) mass is 492 g/mol. The van der Waals surface area contributed by atoms with Gasteiger partial charge < -0.3 is 24.7 Å². The van der Waals surface area contributed by atoms with E-state index in [2.05, 4.69) is 71.3 Å². The number of para-hydroxylation sites is 2. The van der Waals surface area contributed by atoms with Gasteiger partial charge in [-0.1, -0.05) is 90.4 Å². The predicted molar refractivity (Wildman–Crippen MR) is 157 cm³/mol. The average molecular weight is 492 g/mol. The molecule has 0 spiro atoms. The Morgan fingerprint density at radius 1 is 0.568 bits per heavy atom. The molecule has 0 saturated carbocycles. The van der Waals surface area contributed by atoms with Crippen molar-refractivity contribution < 1.29 is 14.0 Å². The zero-order chi connectivity index (χ0) is 25.4. The van der Waals surface area contributed by atoms with Gasteiger partial charge >= 0.3 is 15.0 Å². The Hall–Kier alpha value is -3.51. The fourth-order valence-electron chi connectivity index (χ4n) is 3.95. The van der Waals surface area contributed by atoms with Crippen LogP contribution < -0.4 is 21.6 Å². The number of ether oxygens (including phenoxy) is 1. The fraction of sp³-hybridized carbons (Fsp3) is 0.200. The Bertz CT molecular complexity index is 1180. The van der Waals surface area contributed by atoms with Crippen molar-refractivity contribution in [3.05, 3.63) is 120 Å².